The molecule has 0 unspecified atom stereocenters. The molecule has 0 aliphatic rings. The van der Waals surface area contributed by atoms with Crippen LogP contribution in [-0.2, 0) is 6.54 Å². The monoisotopic (exact) mass is 488 g/mol. The van der Waals surface area contributed by atoms with Crippen molar-refractivity contribution in [2.45, 2.75) is 39.2 Å². The van der Waals surface area contributed by atoms with Gasteiger partial charge in [-0.15, -0.1) is 0 Å². The zero-order valence-electron chi connectivity index (χ0n) is 19.9. The molecule has 2 aromatic carbocycles. The summed E-state index contributed by atoms with van der Waals surface area (Å²) in [6, 6.07) is 13.6. The second kappa shape index (κ2) is 10.4. The molecule has 186 valence electrons. The number of aromatic nitrogens is 2. The molecule has 4 aromatic rings. The van der Waals surface area contributed by atoms with E-state index in [4.69, 9.17) is 0 Å². The normalized spacial score (nSPS) is 11.0. The SMILES string of the molecule is C=C(NNC(=O)c1c(O)c2ccccc2n(CCCCCC)c1=O)c1c(O)c2ccccc2[nH]c1=O. The minimum atomic E-state index is -0.900. The number of hydrazine groups is 1. The van der Waals surface area contributed by atoms with Crippen molar-refractivity contribution in [2.24, 2.45) is 0 Å². The molecule has 0 saturated heterocycles. The Hall–Kier alpha value is -4.53. The minimum Gasteiger partial charge on any atom is -0.506 e. The molecule has 5 N–H and O–H groups in total. The number of para-hydroxylation sites is 2. The van der Waals surface area contributed by atoms with Crippen molar-refractivity contribution in [3.05, 3.63) is 86.9 Å². The maximum Gasteiger partial charge on any atom is 0.279 e. The van der Waals surface area contributed by atoms with Crippen molar-refractivity contribution in [1.82, 2.24) is 20.4 Å². The molecule has 2 aromatic heterocycles. The Balaban J connectivity index is 1.64. The number of hydrogen-bond donors (Lipinski definition) is 5. The number of H-pyrrole nitrogens is 1. The average Bonchev–Trinajstić information content (AvgIpc) is 2.87. The Morgan fingerprint density at radius 3 is 2.33 bits per heavy atom. The third-order valence-electron chi connectivity index (χ3n) is 6.13. The van der Waals surface area contributed by atoms with Gasteiger partial charge < -0.3 is 19.8 Å². The van der Waals surface area contributed by atoms with Crippen LogP contribution in [0.4, 0.5) is 0 Å². The predicted octanol–water partition coefficient (Wildman–Crippen LogP) is 3.74. The number of hydrogen-bond acceptors (Lipinski definition) is 6. The fourth-order valence-corrected chi connectivity index (χ4v) is 4.28. The molecule has 0 fully saturated rings. The van der Waals surface area contributed by atoms with Gasteiger partial charge in [0.25, 0.3) is 17.0 Å². The molecule has 9 heteroatoms. The number of unbranched alkanes of at least 4 members (excludes halogenated alkanes) is 3. The number of aromatic amines is 1. The van der Waals surface area contributed by atoms with Gasteiger partial charge in [-0.05, 0) is 30.7 Å². The van der Waals surface area contributed by atoms with Gasteiger partial charge in [-0.3, -0.25) is 25.2 Å². The lowest BCUT2D eigenvalue weighted by Crippen LogP contribution is -2.40. The van der Waals surface area contributed by atoms with Crippen molar-refractivity contribution < 1.29 is 15.0 Å². The van der Waals surface area contributed by atoms with E-state index in [2.05, 4.69) is 29.3 Å². The largest absolute Gasteiger partial charge is 0.506 e. The number of carbonyl (C=O) groups is 1. The van der Waals surface area contributed by atoms with Gasteiger partial charge >= 0.3 is 0 Å². The van der Waals surface area contributed by atoms with Gasteiger partial charge in [0.15, 0.2) is 0 Å². The number of rotatable bonds is 9. The first-order chi connectivity index (χ1) is 17.3. The van der Waals surface area contributed by atoms with Crippen molar-refractivity contribution in [3.8, 4) is 11.5 Å². The van der Waals surface area contributed by atoms with Gasteiger partial charge in [-0.25, -0.2) is 0 Å². The molecule has 0 atom stereocenters. The van der Waals surface area contributed by atoms with Gasteiger partial charge in [0.2, 0.25) is 0 Å². The summed E-state index contributed by atoms with van der Waals surface area (Å²) < 4.78 is 1.49. The van der Waals surface area contributed by atoms with E-state index in [1.165, 1.54) is 4.57 Å². The molecule has 0 aliphatic carbocycles. The lowest BCUT2D eigenvalue weighted by Gasteiger charge is -2.16. The number of nitrogens with one attached hydrogen (secondary N) is 3. The van der Waals surface area contributed by atoms with Crippen LogP contribution in [0.1, 0.15) is 48.5 Å². The number of amides is 1. The quantitative estimate of drug-likeness (QED) is 0.180. The Kier molecular flexibility index (Phi) is 7.10. The van der Waals surface area contributed by atoms with E-state index in [1.807, 2.05) is 0 Å². The zero-order chi connectivity index (χ0) is 25.8. The van der Waals surface area contributed by atoms with Crippen LogP contribution in [0.3, 0.4) is 0 Å². The van der Waals surface area contributed by atoms with E-state index in [1.54, 1.807) is 48.5 Å². The lowest BCUT2D eigenvalue weighted by atomic mass is 10.1. The molecule has 0 radical (unpaired) electrons. The number of benzene rings is 2. The Morgan fingerprint density at radius 1 is 0.917 bits per heavy atom. The first-order valence-corrected chi connectivity index (χ1v) is 11.8. The molecular formula is C27H28N4O5. The lowest BCUT2D eigenvalue weighted by molar-refractivity contribution is 0.0937. The molecular weight excluding hydrogens is 460 g/mol. The van der Waals surface area contributed by atoms with Crippen LogP contribution >= 0.6 is 0 Å². The van der Waals surface area contributed by atoms with Gasteiger partial charge in [-0.2, -0.15) is 0 Å². The molecule has 1 amide bonds. The standard InChI is InChI=1S/C27H28N4O5/c1-3-4-5-10-15-31-20-14-9-7-12-18(20)24(33)22(27(31)36)26(35)30-29-16(2)21-23(32)17-11-6-8-13-19(17)28-25(21)34/h6-9,11-14,29,33H,2-5,10,15H2,1H3,(H,30,35)(H2,28,32,34). The first-order valence-electron chi connectivity index (χ1n) is 11.8. The van der Waals surface area contributed by atoms with Crippen molar-refractivity contribution in [3.63, 3.8) is 0 Å². The van der Waals surface area contributed by atoms with Crippen LogP contribution in [0, 0.1) is 0 Å². The highest BCUT2D eigenvalue weighted by Gasteiger charge is 2.23. The highest BCUT2D eigenvalue weighted by atomic mass is 16.3. The second-order valence-electron chi connectivity index (χ2n) is 8.54. The summed E-state index contributed by atoms with van der Waals surface area (Å²) in [7, 11) is 0. The van der Waals surface area contributed by atoms with Gasteiger partial charge in [0.1, 0.15) is 22.6 Å². The van der Waals surface area contributed by atoms with Crippen LogP contribution in [0.15, 0.2) is 64.7 Å². The van der Waals surface area contributed by atoms with Crippen molar-refractivity contribution in [1.29, 1.82) is 0 Å². The number of nitrogens with zero attached hydrogens (tertiary/aromatic N) is 1. The molecule has 2 heterocycles. The minimum absolute atomic E-state index is 0.0898. The van der Waals surface area contributed by atoms with Crippen LogP contribution < -0.4 is 22.0 Å². The van der Waals surface area contributed by atoms with E-state index in [9.17, 15) is 24.6 Å². The summed E-state index contributed by atoms with van der Waals surface area (Å²) in [4.78, 5) is 41.5. The predicted molar refractivity (Wildman–Crippen MR) is 140 cm³/mol. The Bertz CT molecular complexity index is 1590. The zero-order valence-corrected chi connectivity index (χ0v) is 19.9. The van der Waals surface area contributed by atoms with E-state index in [0.29, 0.717) is 28.4 Å². The van der Waals surface area contributed by atoms with Crippen LogP contribution in [-0.4, -0.2) is 25.7 Å². The topological polar surface area (TPSA) is 136 Å². The number of pyridine rings is 2. The van der Waals surface area contributed by atoms with Crippen molar-refractivity contribution in [2.75, 3.05) is 0 Å². The van der Waals surface area contributed by atoms with E-state index < -0.39 is 28.3 Å². The summed E-state index contributed by atoms with van der Waals surface area (Å²) in [6.07, 6.45) is 3.77. The fourth-order valence-electron chi connectivity index (χ4n) is 4.28. The summed E-state index contributed by atoms with van der Waals surface area (Å²) in [5.41, 5.74) is 3.88. The number of fused-ring (bicyclic) bond motifs is 2. The highest BCUT2D eigenvalue weighted by Crippen LogP contribution is 2.28. The number of aryl methyl sites for hydroxylation is 1. The van der Waals surface area contributed by atoms with E-state index in [-0.39, 0.29) is 17.0 Å². The molecule has 36 heavy (non-hydrogen) atoms. The molecule has 0 bridgehead atoms. The van der Waals surface area contributed by atoms with Gasteiger partial charge in [0.05, 0.1) is 16.7 Å². The third-order valence-corrected chi connectivity index (χ3v) is 6.13. The first kappa shape index (κ1) is 24.6. The fraction of sp³-hybridized carbons (Fsp3) is 0.222. The van der Waals surface area contributed by atoms with E-state index in [0.717, 1.165) is 25.7 Å². The number of carbonyl (C=O) groups excluding carboxylic acids is 1. The molecule has 0 spiro atoms. The van der Waals surface area contributed by atoms with Gasteiger partial charge in [0, 0.05) is 17.3 Å². The van der Waals surface area contributed by atoms with Crippen LogP contribution in [0.25, 0.3) is 27.5 Å². The Morgan fingerprint density at radius 2 is 1.58 bits per heavy atom. The summed E-state index contributed by atoms with van der Waals surface area (Å²) in [5, 5.41) is 22.2. The average molecular weight is 489 g/mol. The molecule has 9 nitrogen and oxygen atoms in total. The summed E-state index contributed by atoms with van der Waals surface area (Å²) in [6.45, 7) is 6.24. The highest BCUT2D eigenvalue weighted by molar-refractivity contribution is 6.02. The van der Waals surface area contributed by atoms with Gasteiger partial charge in [-0.1, -0.05) is 57.0 Å². The van der Waals surface area contributed by atoms with E-state index >= 15 is 0 Å². The summed E-state index contributed by atoms with van der Waals surface area (Å²) in [5.74, 6) is -1.63. The number of aromatic hydroxyl groups is 2. The third kappa shape index (κ3) is 4.55. The maximum absolute atomic E-state index is 13.3. The molecule has 0 saturated carbocycles. The van der Waals surface area contributed by atoms with Crippen LogP contribution in [0.5, 0.6) is 11.5 Å². The maximum atomic E-state index is 13.3. The van der Waals surface area contributed by atoms with Crippen LogP contribution in [0.2, 0.25) is 0 Å². The summed E-state index contributed by atoms with van der Waals surface area (Å²) >= 11 is 0. The van der Waals surface area contributed by atoms with Crippen molar-refractivity contribution >= 4 is 33.4 Å². The molecule has 4 rings (SSSR count). The second-order valence-corrected chi connectivity index (χ2v) is 8.54. The molecule has 0 aliphatic heterocycles. The Labute approximate surface area is 206 Å². The smallest absolute Gasteiger partial charge is 0.279 e.